The van der Waals surface area contributed by atoms with Gasteiger partial charge >= 0.3 is 0 Å². The van der Waals surface area contributed by atoms with Gasteiger partial charge in [-0.3, -0.25) is 9.69 Å². The summed E-state index contributed by atoms with van der Waals surface area (Å²) in [4.78, 5) is 26.9. The van der Waals surface area contributed by atoms with E-state index < -0.39 is 5.54 Å². The molecular formula is C27H32N6O2. The number of terminal acetylenes is 1. The molecule has 1 aliphatic heterocycles. The second kappa shape index (κ2) is 10.3. The lowest BCUT2D eigenvalue weighted by molar-refractivity contribution is -0.127. The molecule has 0 bridgehead atoms. The number of piperazine rings is 1. The molecule has 1 aromatic heterocycles. The van der Waals surface area contributed by atoms with Crippen molar-refractivity contribution in [3.8, 4) is 18.1 Å². The number of fused-ring (bicyclic) bond motifs is 1. The zero-order chi connectivity index (χ0) is 25.0. The number of methoxy groups -OCH3 is 1. The predicted octanol–water partition coefficient (Wildman–Crippen LogP) is 3.72. The summed E-state index contributed by atoms with van der Waals surface area (Å²) in [6.45, 7) is 10.7. The van der Waals surface area contributed by atoms with Gasteiger partial charge in [0.05, 0.1) is 23.9 Å². The Balaban J connectivity index is 1.62. The Kier molecular flexibility index (Phi) is 7.20. The number of hydrogen-bond donors (Lipinski definition) is 2. The maximum Gasteiger partial charge on any atom is 0.244 e. The number of nitrogens with zero attached hydrogens (tertiary/aromatic N) is 4. The van der Waals surface area contributed by atoms with Gasteiger partial charge in [0.1, 0.15) is 17.9 Å². The number of rotatable bonds is 7. The molecule has 182 valence electrons. The first-order valence-electron chi connectivity index (χ1n) is 11.8. The van der Waals surface area contributed by atoms with Gasteiger partial charge in [-0.1, -0.05) is 18.9 Å². The Morgan fingerprint density at radius 2 is 1.94 bits per heavy atom. The van der Waals surface area contributed by atoms with E-state index in [0.717, 1.165) is 49.4 Å². The molecule has 1 fully saturated rings. The minimum Gasteiger partial charge on any atom is -0.494 e. The van der Waals surface area contributed by atoms with Gasteiger partial charge in [-0.05, 0) is 44.7 Å². The molecule has 2 aromatic carbocycles. The maximum atomic E-state index is 13.4. The van der Waals surface area contributed by atoms with Crippen LogP contribution in [0, 0.1) is 12.3 Å². The van der Waals surface area contributed by atoms with Crippen LogP contribution in [-0.4, -0.2) is 71.0 Å². The summed E-state index contributed by atoms with van der Waals surface area (Å²) < 4.78 is 5.59. The monoisotopic (exact) mass is 472 g/mol. The lowest BCUT2D eigenvalue weighted by Crippen LogP contribution is -2.59. The summed E-state index contributed by atoms with van der Waals surface area (Å²) in [6, 6.07) is 11.2. The molecular weight excluding hydrogens is 440 g/mol. The number of likely N-dealkylation sites (N-methyl/N-ethyl adjacent to an activating group) is 1. The van der Waals surface area contributed by atoms with Gasteiger partial charge in [-0.15, -0.1) is 6.42 Å². The number of nitrogens with one attached hydrogen (secondary N) is 2. The van der Waals surface area contributed by atoms with E-state index in [0.29, 0.717) is 22.8 Å². The normalized spacial score (nSPS) is 14.9. The van der Waals surface area contributed by atoms with E-state index in [9.17, 15) is 4.79 Å². The highest BCUT2D eigenvalue weighted by atomic mass is 16.5. The van der Waals surface area contributed by atoms with Crippen molar-refractivity contribution in [3.63, 3.8) is 0 Å². The fourth-order valence-electron chi connectivity index (χ4n) is 4.32. The Hall–Kier alpha value is -3.67. The molecule has 8 heteroatoms. The van der Waals surface area contributed by atoms with Crippen molar-refractivity contribution in [2.45, 2.75) is 26.3 Å². The van der Waals surface area contributed by atoms with Crippen LogP contribution in [0.3, 0.4) is 0 Å². The van der Waals surface area contributed by atoms with E-state index in [2.05, 4.69) is 43.2 Å². The quantitative estimate of drug-likeness (QED) is 0.507. The Morgan fingerprint density at radius 1 is 1.17 bits per heavy atom. The van der Waals surface area contributed by atoms with Gasteiger partial charge < -0.3 is 20.3 Å². The number of amides is 1. The predicted molar refractivity (Wildman–Crippen MR) is 140 cm³/mol. The van der Waals surface area contributed by atoms with E-state index in [1.807, 2.05) is 50.2 Å². The van der Waals surface area contributed by atoms with E-state index in [1.165, 1.54) is 6.33 Å². The first kappa shape index (κ1) is 24.5. The molecule has 0 atom stereocenters. The maximum absolute atomic E-state index is 13.4. The molecule has 1 aliphatic rings. The van der Waals surface area contributed by atoms with Crippen molar-refractivity contribution >= 4 is 34.0 Å². The van der Waals surface area contributed by atoms with Crippen LogP contribution >= 0.6 is 0 Å². The molecule has 1 saturated heterocycles. The number of carbonyl (C=O) groups excluding carboxylic acids is 1. The first-order chi connectivity index (χ1) is 16.8. The van der Waals surface area contributed by atoms with Crippen LogP contribution in [0.5, 0.6) is 5.75 Å². The molecule has 0 spiro atoms. The fourth-order valence-corrected chi connectivity index (χ4v) is 4.32. The Bertz CT molecular complexity index is 1260. The van der Waals surface area contributed by atoms with Crippen LogP contribution in [0.4, 0.5) is 17.2 Å². The lowest BCUT2D eigenvalue weighted by atomic mass is 9.99. The minimum atomic E-state index is -0.677. The molecule has 35 heavy (non-hydrogen) atoms. The first-order valence-corrected chi connectivity index (χ1v) is 11.8. The van der Waals surface area contributed by atoms with Crippen molar-refractivity contribution in [2.75, 3.05) is 50.5 Å². The van der Waals surface area contributed by atoms with E-state index in [-0.39, 0.29) is 5.91 Å². The van der Waals surface area contributed by atoms with Crippen molar-refractivity contribution in [1.29, 1.82) is 0 Å². The Labute approximate surface area is 206 Å². The van der Waals surface area contributed by atoms with Crippen molar-refractivity contribution in [1.82, 2.24) is 19.8 Å². The molecule has 0 saturated carbocycles. The van der Waals surface area contributed by atoms with Crippen LogP contribution in [0.15, 0.2) is 42.7 Å². The third-order valence-corrected chi connectivity index (χ3v) is 6.66. The molecule has 2 heterocycles. The van der Waals surface area contributed by atoms with Crippen LogP contribution in [0.1, 0.15) is 26.3 Å². The molecule has 0 aliphatic carbocycles. The topological polar surface area (TPSA) is 82.6 Å². The third kappa shape index (κ3) is 5.21. The smallest absolute Gasteiger partial charge is 0.244 e. The van der Waals surface area contributed by atoms with E-state index in [4.69, 9.17) is 11.2 Å². The second-order valence-electron chi connectivity index (χ2n) is 9.08. The SMILES string of the molecule is C#Cc1cccc(Nc2ncnc3cc(OC)c(NC(=O)C(C)(C)N4CCN(CC)CC4)cc23)c1. The number of anilines is 3. The second-order valence-corrected chi connectivity index (χ2v) is 9.08. The highest BCUT2D eigenvalue weighted by Crippen LogP contribution is 2.34. The lowest BCUT2D eigenvalue weighted by Gasteiger charge is -2.42. The zero-order valence-electron chi connectivity index (χ0n) is 20.8. The van der Waals surface area contributed by atoms with Gasteiger partial charge in [0.2, 0.25) is 5.91 Å². The summed E-state index contributed by atoms with van der Waals surface area (Å²) in [5, 5.41) is 7.17. The summed E-state index contributed by atoms with van der Waals surface area (Å²) in [5.41, 5.74) is 2.17. The van der Waals surface area contributed by atoms with Gasteiger partial charge in [-0.2, -0.15) is 0 Å². The molecule has 3 aromatic rings. The minimum absolute atomic E-state index is 0.0896. The van der Waals surface area contributed by atoms with Crippen molar-refractivity contribution < 1.29 is 9.53 Å². The fraction of sp³-hybridized carbons (Fsp3) is 0.370. The highest BCUT2D eigenvalue weighted by molar-refractivity contribution is 6.02. The molecule has 0 unspecified atom stereocenters. The summed E-state index contributed by atoms with van der Waals surface area (Å²) >= 11 is 0. The molecule has 1 amide bonds. The highest BCUT2D eigenvalue weighted by Gasteiger charge is 2.36. The van der Waals surface area contributed by atoms with E-state index >= 15 is 0 Å². The number of benzene rings is 2. The van der Waals surface area contributed by atoms with Gasteiger partial charge in [0.15, 0.2) is 0 Å². The molecule has 2 N–H and O–H groups in total. The number of hydrogen-bond acceptors (Lipinski definition) is 7. The zero-order valence-corrected chi connectivity index (χ0v) is 20.8. The number of carbonyl (C=O) groups is 1. The Morgan fingerprint density at radius 3 is 2.63 bits per heavy atom. The van der Waals surface area contributed by atoms with Crippen LogP contribution in [0.25, 0.3) is 10.9 Å². The van der Waals surface area contributed by atoms with Crippen molar-refractivity contribution in [2.24, 2.45) is 0 Å². The van der Waals surface area contributed by atoms with E-state index in [1.54, 1.807) is 7.11 Å². The third-order valence-electron chi connectivity index (χ3n) is 6.66. The average Bonchev–Trinajstić information content (AvgIpc) is 2.88. The van der Waals surface area contributed by atoms with Crippen LogP contribution in [-0.2, 0) is 4.79 Å². The summed E-state index contributed by atoms with van der Waals surface area (Å²) in [7, 11) is 1.58. The summed E-state index contributed by atoms with van der Waals surface area (Å²) in [6.07, 6.45) is 7.03. The molecule has 4 rings (SSSR count). The van der Waals surface area contributed by atoms with Crippen LogP contribution in [0.2, 0.25) is 0 Å². The van der Waals surface area contributed by atoms with Gasteiger partial charge in [-0.25, -0.2) is 9.97 Å². The largest absolute Gasteiger partial charge is 0.494 e. The molecule has 8 nitrogen and oxygen atoms in total. The van der Waals surface area contributed by atoms with Crippen LogP contribution < -0.4 is 15.4 Å². The number of aromatic nitrogens is 2. The van der Waals surface area contributed by atoms with Crippen molar-refractivity contribution in [3.05, 3.63) is 48.3 Å². The number of ether oxygens (including phenoxy) is 1. The standard InChI is InChI=1S/C27H32N6O2/c1-6-19-9-8-10-20(15-19)30-25-21-16-23(24(35-5)17-22(21)28-18-29-25)31-26(34)27(3,4)33-13-11-32(7-2)12-14-33/h1,8-10,15-18H,7,11-14H2,2-5H3,(H,31,34)(H,28,29,30). The van der Waals surface area contributed by atoms with Gasteiger partial charge in [0, 0.05) is 48.9 Å². The molecule has 0 radical (unpaired) electrons. The summed E-state index contributed by atoms with van der Waals surface area (Å²) in [5.74, 6) is 3.70. The van der Waals surface area contributed by atoms with Gasteiger partial charge in [0.25, 0.3) is 0 Å². The average molecular weight is 473 g/mol.